The number of nitrogens with one attached hydrogen (secondary N) is 3. The average Bonchev–Trinajstić information content (AvgIpc) is 3.24. The van der Waals surface area contributed by atoms with E-state index in [2.05, 4.69) is 20.6 Å². The Kier molecular flexibility index (Phi) is 5.68. The molecule has 1 heterocycles. The van der Waals surface area contributed by atoms with Crippen LogP contribution in [0.25, 0.3) is 11.0 Å². The molecule has 4 aromatic rings. The Morgan fingerprint density at radius 1 is 1.12 bits per heavy atom. The second kappa shape index (κ2) is 8.44. The minimum atomic E-state index is -3.40. The summed E-state index contributed by atoms with van der Waals surface area (Å²) >= 11 is 0. The first-order valence-electron chi connectivity index (χ1n) is 9.66. The first-order chi connectivity index (χ1) is 15.2. The normalized spacial score (nSPS) is 12.7. The number of aromatic amines is 1. The van der Waals surface area contributed by atoms with Gasteiger partial charge >= 0.3 is 0 Å². The summed E-state index contributed by atoms with van der Waals surface area (Å²) in [6.07, 6.45) is 2.62. The van der Waals surface area contributed by atoms with Gasteiger partial charge in [0.05, 0.1) is 17.4 Å². The Hall–Kier alpha value is -3.70. The zero-order valence-electron chi connectivity index (χ0n) is 17.1. The summed E-state index contributed by atoms with van der Waals surface area (Å²) < 4.78 is 28.3. The number of ether oxygens (including phenoxy) is 1. The fourth-order valence-electron chi connectivity index (χ4n) is 3.07. The van der Waals surface area contributed by atoms with Gasteiger partial charge in [-0.3, -0.25) is 9.59 Å². The molecule has 0 saturated carbocycles. The van der Waals surface area contributed by atoms with Gasteiger partial charge in [-0.1, -0.05) is 12.1 Å². The lowest BCUT2D eigenvalue weighted by atomic mass is 10.1. The Balaban J connectivity index is 1.43. The summed E-state index contributed by atoms with van der Waals surface area (Å²) in [7, 11) is -3.40. The Morgan fingerprint density at radius 2 is 1.91 bits per heavy atom. The van der Waals surface area contributed by atoms with Gasteiger partial charge in [0.15, 0.2) is 9.84 Å². The molecular weight excluding hydrogens is 434 g/mol. The van der Waals surface area contributed by atoms with E-state index in [9.17, 15) is 18.0 Å². The molecule has 0 saturated heterocycles. The van der Waals surface area contributed by atoms with Gasteiger partial charge in [-0.15, -0.1) is 0 Å². The van der Waals surface area contributed by atoms with Gasteiger partial charge in [0.25, 0.3) is 10.9 Å². The lowest BCUT2D eigenvalue weighted by Crippen LogP contribution is -2.36. The number of H-pyrrole nitrogens is 1. The second-order valence-corrected chi connectivity index (χ2v) is 9.61. The van der Waals surface area contributed by atoms with Gasteiger partial charge < -0.3 is 26.1 Å². The SMILES string of the molecule is CS(=O)(=O)C(N)COc1cccc(CNc2c(Nc3ccc4nc[nH]c4c3)c(=O)c2=O)c1. The maximum absolute atomic E-state index is 12.1. The van der Waals surface area contributed by atoms with E-state index in [4.69, 9.17) is 10.5 Å². The molecule has 1 atom stereocenters. The van der Waals surface area contributed by atoms with Crippen LogP contribution in [0.4, 0.5) is 17.1 Å². The summed E-state index contributed by atoms with van der Waals surface area (Å²) in [4.78, 5) is 31.3. The predicted molar refractivity (Wildman–Crippen MR) is 123 cm³/mol. The van der Waals surface area contributed by atoms with Crippen molar-refractivity contribution in [3.63, 3.8) is 0 Å². The first-order valence-corrected chi connectivity index (χ1v) is 11.6. The van der Waals surface area contributed by atoms with E-state index in [1.807, 2.05) is 0 Å². The van der Waals surface area contributed by atoms with Crippen LogP contribution in [0, 0.1) is 0 Å². The van der Waals surface area contributed by atoms with E-state index in [1.54, 1.807) is 48.8 Å². The fourth-order valence-corrected chi connectivity index (χ4v) is 3.39. The minimum absolute atomic E-state index is 0.178. The van der Waals surface area contributed by atoms with Crippen LogP contribution < -0.4 is 32.0 Å². The molecule has 4 rings (SSSR count). The van der Waals surface area contributed by atoms with Gasteiger partial charge in [0.2, 0.25) is 0 Å². The highest BCUT2D eigenvalue weighted by Crippen LogP contribution is 2.24. The molecule has 0 bridgehead atoms. The number of sulfone groups is 1. The number of anilines is 3. The summed E-state index contributed by atoms with van der Waals surface area (Å²) in [6, 6.07) is 12.3. The Labute approximate surface area is 183 Å². The quantitative estimate of drug-likeness (QED) is 0.272. The second-order valence-electron chi connectivity index (χ2n) is 7.35. The van der Waals surface area contributed by atoms with Crippen molar-refractivity contribution in [1.82, 2.24) is 9.97 Å². The lowest BCUT2D eigenvalue weighted by Gasteiger charge is -2.16. The van der Waals surface area contributed by atoms with Gasteiger partial charge in [0.1, 0.15) is 29.1 Å². The minimum Gasteiger partial charge on any atom is -0.491 e. The van der Waals surface area contributed by atoms with Crippen LogP contribution in [0.15, 0.2) is 58.4 Å². The molecule has 5 N–H and O–H groups in total. The molecule has 166 valence electrons. The van der Waals surface area contributed by atoms with Crippen LogP contribution in [0.5, 0.6) is 5.75 Å². The molecular formula is C21H21N5O5S. The fraction of sp³-hybridized carbons (Fsp3) is 0.190. The third-order valence-corrected chi connectivity index (χ3v) is 6.17. The molecule has 1 aromatic heterocycles. The number of benzene rings is 2. The van der Waals surface area contributed by atoms with Gasteiger partial charge in [-0.05, 0) is 35.9 Å². The largest absolute Gasteiger partial charge is 0.491 e. The highest BCUT2D eigenvalue weighted by atomic mass is 32.2. The third kappa shape index (κ3) is 4.48. The number of aromatic nitrogens is 2. The number of nitrogens with zero attached hydrogens (tertiary/aromatic N) is 1. The van der Waals surface area contributed by atoms with Gasteiger partial charge in [-0.2, -0.15) is 0 Å². The smallest absolute Gasteiger partial charge is 0.253 e. The lowest BCUT2D eigenvalue weighted by molar-refractivity contribution is 0.314. The monoisotopic (exact) mass is 455 g/mol. The molecule has 3 aromatic carbocycles. The molecule has 1 unspecified atom stereocenters. The number of imidazole rings is 1. The van der Waals surface area contributed by atoms with Crippen LogP contribution in [0.2, 0.25) is 0 Å². The van der Waals surface area contributed by atoms with E-state index < -0.39 is 26.1 Å². The summed E-state index contributed by atoms with van der Waals surface area (Å²) in [5.41, 5.74) is 7.79. The molecule has 11 heteroatoms. The van der Waals surface area contributed by atoms with Crippen molar-refractivity contribution in [2.24, 2.45) is 5.73 Å². The van der Waals surface area contributed by atoms with Crippen molar-refractivity contribution in [3.8, 4) is 5.75 Å². The van der Waals surface area contributed by atoms with Crippen molar-refractivity contribution < 1.29 is 13.2 Å². The number of rotatable bonds is 9. The molecule has 0 radical (unpaired) electrons. The van der Waals surface area contributed by atoms with Crippen molar-refractivity contribution >= 4 is 37.9 Å². The van der Waals surface area contributed by atoms with E-state index >= 15 is 0 Å². The molecule has 32 heavy (non-hydrogen) atoms. The van der Waals surface area contributed by atoms with E-state index in [0.29, 0.717) is 11.4 Å². The van der Waals surface area contributed by atoms with Crippen molar-refractivity contribution in [3.05, 3.63) is 74.8 Å². The standard InChI is InChI=1S/C21H21N5O5S/c1-32(29,30)17(22)10-31-14-4-2-3-12(7-14)9-23-18-19(21(28)20(18)27)26-13-5-6-15-16(8-13)25-11-24-15/h2-8,11,17,23,26H,9-10,22H2,1H3,(H,24,25). The van der Waals surface area contributed by atoms with Crippen LogP contribution in [0.1, 0.15) is 5.56 Å². The van der Waals surface area contributed by atoms with Crippen LogP contribution >= 0.6 is 0 Å². The number of fused-ring (bicyclic) bond motifs is 1. The first kappa shape index (κ1) is 21.5. The summed E-state index contributed by atoms with van der Waals surface area (Å²) in [6.45, 7) is 0.0804. The zero-order valence-corrected chi connectivity index (χ0v) is 17.9. The van der Waals surface area contributed by atoms with Crippen LogP contribution in [-0.4, -0.2) is 36.6 Å². The maximum Gasteiger partial charge on any atom is 0.253 e. The van der Waals surface area contributed by atoms with E-state index in [1.165, 1.54) is 0 Å². The van der Waals surface area contributed by atoms with Crippen molar-refractivity contribution in [2.45, 2.75) is 11.9 Å². The molecule has 0 amide bonds. The Morgan fingerprint density at radius 3 is 2.69 bits per heavy atom. The number of nitrogens with two attached hydrogens (primary N) is 1. The number of hydrogen-bond donors (Lipinski definition) is 4. The third-order valence-electron chi connectivity index (χ3n) is 4.93. The summed E-state index contributed by atoms with van der Waals surface area (Å²) in [5.74, 6) is 0.444. The van der Waals surface area contributed by atoms with Crippen LogP contribution in [-0.2, 0) is 16.4 Å². The van der Waals surface area contributed by atoms with E-state index in [0.717, 1.165) is 22.9 Å². The van der Waals surface area contributed by atoms with Gasteiger partial charge in [0, 0.05) is 18.5 Å². The molecule has 0 aliphatic rings. The Bertz CT molecular complexity index is 1450. The highest BCUT2D eigenvalue weighted by Gasteiger charge is 2.21. The van der Waals surface area contributed by atoms with Gasteiger partial charge in [-0.25, -0.2) is 13.4 Å². The molecule has 0 aliphatic carbocycles. The molecule has 0 fully saturated rings. The zero-order chi connectivity index (χ0) is 22.9. The predicted octanol–water partition coefficient (Wildman–Crippen LogP) is 1.22. The number of hydrogen-bond acceptors (Lipinski definition) is 9. The van der Waals surface area contributed by atoms with Crippen molar-refractivity contribution in [2.75, 3.05) is 23.5 Å². The molecule has 0 aliphatic heterocycles. The van der Waals surface area contributed by atoms with Crippen molar-refractivity contribution in [1.29, 1.82) is 0 Å². The summed E-state index contributed by atoms with van der Waals surface area (Å²) in [5, 5.41) is 4.85. The average molecular weight is 455 g/mol. The van der Waals surface area contributed by atoms with E-state index in [-0.39, 0.29) is 24.5 Å². The topological polar surface area (TPSA) is 156 Å². The molecule has 0 spiro atoms. The highest BCUT2D eigenvalue weighted by molar-refractivity contribution is 7.91. The van der Waals surface area contributed by atoms with Crippen LogP contribution in [0.3, 0.4) is 0 Å². The molecule has 10 nitrogen and oxygen atoms in total. The maximum atomic E-state index is 12.1.